The first kappa shape index (κ1) is 33.6. The zero-order chi connectivity index (χ0) is 31.1. The van der Waals surface area contributed by atoms with E-state index in [2.05, 4.69) is 15.7 Å². The number of aromatic nitrogens is 2. The number of alkyl halides is 5. The van der Waals surface area contributed by atoms with Gasteiger partial charge in [-0.15, -0.1) is 0 Å². The van der Waals surface area contributed by atoms with Gasteiger partial charge < -0.3 is 16.0 Å². The summed E-state index contributed by atoms with van der Waals surface area (Å²) in [6.45, 7) is 5.27. The molecule has 2 unspecified atom stereocenters. The second-order valence-corrected chi connectivity index (χ2v) is 9.72. The van der Waals surface area contributed by atoms with Crippen molar-refractivity contribution in [3.63, 3.8) is 0 Å². The molecule has 2 atom stereocenters. The monoisotopic (exact) mass is 591 g/mol. The van der Waals surface area contributed by atoms with Gasteiger partial charge in [0.1, 0.15) is 24.1 Å². The van der Waals surface area contributed by atoms with Crippen LogP contribution in [-0.2, 0) is 16.6 Å². The predicted octanol–water partition coefficient (Wildman–Crippen LogP) is 5.24. The Kier molecular flexibility index (Phi) is 11.4. The fourth-order valence-corrected chi connectivity index (χ4v) is 4.56. The number of amides is 3. The lowest BCUT2D eigenvalue weighted by atomic mass is 9.81. The molecule has 0 spiro atoms. The van der Waals surface area contributed by atoms with Gasteiger partial charge in [-0.05, 0) is 61.9 Å². The number of halogens is 6. The molecule has 1 saturated carbocycles. The van der Waals surface area contributed by atoms with Crippen LogP contribution in [0, 0.1) is 18.7 Å². The standard InChI is InChI=1S/C25H29F6N5O3.C2H6/c1-13-10-18(17(26)11-16(13)14(2)21(37)32-12-25(29,30)31)34-23(39)20(15-4-7-24(27,28)8-5-15)35-22(38)19-6-9-33-36(19)3;1-2/h6,9-11,14-15,20H,4-5,7-8,12H2,1-3H3,(H,32,37)(H,34,39)(H,35,38);1-2H3. The van der Waals surface area contributed by atoms with Gasteiger partial charge in [-0.25, -0.2) is 13.2 Å². The van der Waals surface area contributed by atoms with E-state index in [1.54, 1.807) is 5.32 Å². The normalized spacial score (nSPS) is 16.6. The van der Waals surface area contributed by atoms with Crippen molar-refractivity contribution in [2.24, 2.45) is 13.0 Å². The summed E-state index contributed by atoms with van der Waals surface area (Å²) in [6, 6.07) is 2.29. The number of rotatable bonds is 8. The van der Waals surface area contributed by atoms with Crippen LogP contribution in [-0.4, -0.2) is 52.2 Å². The van der Waals surface area contributed by atoms with Crippen LogP contribution in [0.25, 0.3) is 0 Å². The predicted molar refractivity (Wildman–Crippen MR) is 140 cm³/mol. The molecule has 1 aliphatic rings. The summed E-state index contributed by atoms with van der Waals surface area (Å²) in [5, 5.41) is 10.6. The Balaban J connectivity index is 0.00000287. The Bertz CT molecular complexity index is 1220. The highest BCUT2D eigenvalue weighted by molar-refractivity contribution is 6.00. The lowest BCUT2D eigenvalue weighted by Crippen LogP contribution is -2.50. The minimum atomic E-state index is -4.61. The first-order chi connectivity index (χ1) is 19.1. The third kappa shape index (κ3) is 9.22. The average molecular weight is 592 g/mol. The fourth-order valence-electron chi connectivity index (χ4n) is 4.56. The van der Waals surface area contributed by atoms with Crippen molar-refractivity contribution in [3.8, 4) is 0 Å². The Morgan fingerprint density at radius 2 is 1.73 bits per heavy atom. The number of nitrogens with zero attached hydrogens (tertiary/aromatic N) is 2. The van der Waals surface area contributed by atoms with Crippen LogP contribution in [0.15, 0.2) is 24.4 Å². The van der Waals surface area contributed by atoms with Gasteiger partial charge in [-0.2, -0.15) is 18.3 Å². The maximum absolute atomic E-state index is 15.0. The van der Waals surface area contributed by atoms with Crippen molar-refractivity contribution in [2.45, 2.75) is 77.4 Å². The highest BCUT2D eigenvalue weighted by Gasteiger charge is 2.41. The van der Waals surface area contributed by atoms with Crippen molar-refractivity contribution < 1.29 is 40.7 Å². The Labute approximate surface area is 234 Å². The number of hydrogen-bond acceptors (Lipinski definition) is 4. The SMILES string of the molecule is CC.Cc1cc(NC(=O)C(NC(=O)c2ccnn2C)C2CCC(F)(F)CC2)c(F)cc1C(C)C(=O)NCC(F)(F)F. The largest absolute Gasteiger partial charge is 0.405 e. The van der Waals surface area contributed by atoms with E-state index in [0.717, 1.165) is 6.07 Å². The number of nitrogens with one attached hydrogen (secondary N) is 3. The molecule has 3 N–H and O–H groups in total. The quantitative estimate of drug-likeness (QED) is 0.366. The molecule has 1 aromatic carbocycles. The number of carbonyl (C=O) groups excluding carboxylic acids is 3. The molecule has 0 aliphatic heterocycles. The molecule has 3 amide bonds. The van der Waals surface area contributed by atoms with Gasteiger partial charge >= 0.3 is 6.18 Å². The summed E-state index contributed by atoms with van der Waals surface area (Å²) in [7, 11) is 1.51. The molecular formula is C27H35F6N5O3. The van der Waals surface area contributed by atoms with Gasteiger partial charge in [-0.1, -0.05) is 13.8 Å². The van der Waals surface area contributed by atoms with Crippen molar-refractivity contribution in [1.29, 1.82) is 0 Å². The van der Waals surface area contributed by atoms with Crippen molar-refractivity contribution in [1.82, 2.24) is 20.4 Å². The maximum atomic E-state index is 15.0. The minimum Gasteiger partial charge on any atom is -0.346 e. The van der Waals surface area contributed by atoms with Crippen LogP contribution in [0.5, 0.6) is 0 Å². The molecule has 1 aromatic heterocycles. The number of benzene rings is 1. The van der Waals surface area contributed by atoms with E-state index < -0.39 is 72.9 Å². The zero-order valence-corrected chi connectivity index (χ0v) is 23.5. The second kappa shape index (κ2) is 13.9. The topological polar surface area (TPSA) is 105 Å². The summed E-state index contributed by atoms with van der Waals surface area (Å²) < 4.78 is 81.1. The number of hydrogen-bond donors (Lipinski definition) is 3. The lowest BCUT2D eigenvalue weighted by Gasteiger charge is -2.33. The summed E-state index contributed by atoms with van der Waals surface area (Å²) in [4.78, 5) is 38.2. The second-order valence-electron chi connectivity index (χ2n) is 9.72. The molecule has 0 radical (unpaired) electrons. The molecule has 3 rings (SSSR count). The van der Waals surface area contributed by atoms with E-state index in [9.17, 15) is 36.3 Å². The van der Waals surface area contributed by atoms with E-state index in [0.29, 0.717) is 5.56 Å². The molecule has 2 aromatic rings. The van der Waals surface area contributed by atoms with Gasteiger partial charge in [-0.3, -0.25) is 19.1 Å². The fraction of sp³-hybridized carbons (Fsp3) is 0.556. The summed E-state index contributed by atoms with van der Waals surface area (Å²) in [5.74, 6) is -8.08. The average Bonchev–Trinajstić information content (AvgIpc) is 3.34. The molecular weight excluding hydrogens is 556 g/mol. The smallest absolute Gasteiger partial charge is 0.346 e. The van der Waals surface area contributed by atoms with Crippen molar-refractivity contribution >= 4 is 23.4 Å². The summed E-state index contributed by atoms with van der Waals surface area (Å²) in [5.41, 5.74) is 0.248. The number of anilines is 1. The Morgan fingerprint density at radius 3 is 2.27 bits per heavy atom. The molecule has 1 heterocycles. The number of carbonyl (C=O) groups is 3. The van der Waals surface area contributed by atoms with Crippen molar-refractivity contribution in [3.05, 3.63) is 47.0 Å². The zero-order valence-electron chi connectivity index (χ0n) is 23.5. The molecule has 14 heteroatoms. The summed E-state index contributed by atoms with van der Waals surface area (Å²) >= 11 is 0. The molecule has 8 nitrogen and oxygen atoms in total. The van der Waals surface area contributed by atoms with Gasteiger partial charge in [0, 0.05) is 26.1 Å². The third-order valence-corrected chi connectivity index (χ3v) is 6.79. The molecule has 228 valence electrons. The number of aryl methyl sites for hydroxylation is 2. The molecule has 1 aliphatic carbocycles. The van der Waals surface area contributed by atoms with E-state index >= 15 is 4.39 Å². The first-order valence-corrected chi connectivity index (χ1v) is 13.2. The van der Waals surface area contributed by atoms with E-state index in [4.69, 9.17) is 0 Å². The van der Waals surface area contributed by atoms with Gasteiger partial charge in [0.25, 0.3) is 5.91 Å². The van der Waals surface area contributed by atoms with E-state index in [-0.39, 0.29) is 29.8 Å². The van der Waals surface area contributed by atoms with Crippen LogP contribution in [0.4, 0.5) is 32.0 Å². The highest BCUT2D eigenvalue weighted by atomic mass is 19.4. The van der Waals surface area contributed by atoms with Gasteiger partial charge in [0.05, 0.1) is 11.6 Å². The van der Waals surface area contributed by atoms with Crippen LogP contribution in [0.2, 0.25) is 0 Å². The van der Waals surface area contributed by atoms with E-state index in [1.165, 1.54) is 43.9 Å². The molecule has 41 heavy (non-hydrogen) atoms. The van der Waals surface area contributed by atoms with E-state index in [1.807, 2.05) is 13.8 Å². The molecule has 0 saturated heterocycles. The first-order valence-electron chi connectivity index (χ1n) is 13.2. The summed E-state index contributed by atoms with van der Waals surface area (Å²) in [6.07, 6.45) is -4.29. The van der Waals surface area contributed by atoms with Crippen LogP contribution >= 0.6 is 0 Å². The lowest BCUT2D eigenvalue weighted by molar-refractivity contribution is -0.139. The van der Waals surface area contributed by atoms with Crippen LogP contribution in [0.1, 0.15) is 74.0 Å². The van der Waals surface area contributed by atoms with Gasteiger partial charge in [0.15, 0.2) is 0 Å². The Hall–Kier alpha value is -3.58. The molecule has 1 fully saturated rings. The maximum Gasteiger partial charge on any atom is 0.405 e. The van der Waals surface area contributed by atoms with Crippen molar-refractivity contribution in [2.75, 3.05) is 11.9 Å². The minimum absolute atomic E-state index is 0.0538. The van der Waals surface area contributed by atoms with Crippen LogP contribution < -0.4 is 16.0 Å². The third-order valence-electron chi connectivity index (χ3n) is 6.79. The highest BCUT2D eigenvalue weighted by Crippen LogP contribution is 2.38. The van der Waals surface area contributed by atoms with Gasteiger partial charge in [0.2, 0.25) is 17.7 Å². The Morgan fingerprint density at radius 1 is 1.12 bits per heavy atom. The molecule has 0 bridgehead atoms. The van der Waals surface area contributed by atoms with Crippen LogP contribution in [0.3, 0.4) is 0 Å².